The van der Waals surface area contributed by atoms with Gasteiger partial charge in [-0.15, -0.1) is 21.9 Å². The van der Waals surface area contributed by atoms with E-state index in [4.69, 9.17) is 0 Å². The highest BCUT2D eigenvalue weighted by molar-refractivity contribution is 7.23. The van der Waals surface area contributed by atoms with Gasteiger partial charge < -0.3 is 4.90 Å². The van der Waals surface area contributed by atoms with Crippen molar-refractivity contribution >= 4 is 76.8 Å². The molecule has 0 saturated heterocycles. The molecule has 0 saturated carbocycles. The monoisotopic (exact) mass is 1000 g/mol. The van der Waals surface area contributed by atoms with Crippen LogP contribution in [0.25, 0.3) is 43.1 Å². The van der Waals surface area contributed by atoms with Crippen molar-refractivity contribution in [1.82, 2.24) is 0 Å². The minimum Gasteiger partial charge on any atom is -0.307 e. The summed E-state index contributed by atoms with van der Waals surface area (Å²) < 4.78 is 318. The Labute approximate surface area is 378 Å². The molecule has 0 bridgehead atoms. The van der Waals surface area contributed by atoms with E-state index in [1.807, 2.05) is 6.07 Å². The molecule has 70 heavy (non-hydrogen) atoms. The minimum absolute atomic E-state index is 0.0220. The topological polar surface area (TPSA) is 4.44 Å². The molecule has 9 rings (SSSR count). The van der Waals surface area contributed by atoms with E-state index in [1.54, 1.807) is 0 Å². The van der Waals surface area contributed by atoms with E-state index in [0.29, 0.717) is 0 Å². The summed E-state index contributed by atoms with van der Waals surface area (Å²) in [7, 11) is 4.24. The summed E-state index contributed by atoms with van der Waals surface area (Å²) in [4.78, 5) is 1.37. The highest BCUT2D eigenvalue weighted by Crippen LogP contribution is 2.38. The molecular weight excluding hydrogens is 981 g/mol. The zero-order chi connectivity index (χ0) is 51.3. The summed E-state index contributed by atoms with van der Waals surface area (Å²) in [5.41, 5.74) is -8.41. The molecule has 22 heteroatoms. The van der Waals surface area contributed by atoms with Crippen LogP contribution in [0.4, 0.5) is 93.5 Å². The van der Waals surface area contributed by atoms with Crippen LogP contribution in [0.5, 0.6) is 0 Å². The van der Waals surface area contributed by atoms with Crippen LogP contribution in [0.3, 0.4) is 0 Å². The lowest BCUT2D eigenvalue weighted by Crippen LogP contribution is -3.00. The second kappa shape index (κ2) is 17.6. The first-order valence-electron chi connectivity index (χ1n) is 19.7. The van der Waals surface area contributed by atoms with Crippen molar-refractivity contribution in [3.05, 3.63) is 195 Å². The van der Waals surface area contributed by atoms with Crippen LogP contribution < -0.4 is 26.8 Å². The van der Waals surface area contributed by atoms with Crippen molar-refractivity contribution in [3.63, 3.8) is 0 Å². The van der Waals surface area contributed by atoms with Crippen LogP contribution in [0.15, 0.2) is 78.9 Å². The fraction of sp³-hybridized carbons (Fsp3) is 0.0417. The number of benzene rings is 9. The van der Waals surface area contributed by atoms with Gasteiger partial charge in [0.15, 0.2) is 93.1 Å². The molecule has 0 unspecified atom stereocenters. The van der Waals surface area contributed by atoms with Crippen molar-refractivity contribution in [3.8, 4) is 0 Å². The molecule has 9 aromatic rings. The molecule has 0 aliphatic rings. The summed E-state index contributed by atoms with van der Waals surface area (Å²) in [6.07, 6.45) is -6.29. The molecule has 0 aliphatic carbocycles. The van der Waals surface area contributed by atoms with E-state index in [9.17, 15) is 17.6 Å². The fourth-order valence-electron chi connectivity index (χ4n) is 9.06. The SMILES string of the molecule is C[NH+](C)c1ccccc1.Fc1ccc2c([B-](c3c(F)c(F)c(F)c4c(F)c(F)ccc34)(c3c(F)c(F)c(F)c4c(F)c(F)ccc34)c3c(F)c(F)c(F)c4c(F)c(F)ccc34)c(F)c(F)c(F)c2c1F. The Balaban J connectivity index is 0.000000659. The van der Waals surface area contributed by atoms with Crippen LogP contribution in [-0.4, -0.2) is 20.2 Å². The third-order valence-corrected chi connectivity index (χ3v) is 12.0. The van der Waals surface area contributed by atoms with Gasteiger partial charge in [-0.25, -0.2) is 87.8 Å². The Hall–Kier alpha value is -7.36. The lowest BCUT2D eigenvalue weighted by molar-refractivity contribution is -0.786. The van der Waals surface area contributed by atoms with Crippen molar-refractivity contribution in [2.75, 3.05) is 14.1 Å². The van der Waals surface area contributed by atoms with E-state index in [1.165, 1.54) is 10.6 Å². The average molecular weight is 1000 g/mol. The standard InChI is InChI=1S/C40H8BF20.C8H11N/c42-13-5-1-9-17(25(13)46)29(50)37(58)33(54)21(9)41(22-10-2-6-14(43)26(47)18(10)30(51)38(59)34(22)55,23-11-3-7-15(44)27(48)19(11)31(52)39(60)35(23)56)24-12-4-8-16(45)28(49)20(12)32(53)40(61)36(24)57;1-9(2)8-6-4-3-5-7-8/h1-8H;3-7H,1-2H3/q-1;/p+1. The minimum atomic E-state index is -6.29. The second-order valence-electron chi connectivity index (χ2n) is 15.8. The summed E-state index contributed by atoms with van der Waals surface area (Å²) in [6.45, 7) is 0. The van der Waals surface area contributed by atoms with Crippen LogP contribution in [0, 0.1) is 116 Å². The average Bonchev–Trinajstić information content (AvgIpc) is 3.33. The number of fused-ring (bicyclic) bond motifs is 4. The Morgan fingerprint density at radius 3 is 0.686 bits per heavy atom. The van der Waals surface area contributed by atoms with Crippen molar-refractivity contribution < 1.29 is 92.7 Å². The van der Waals surface area contributed by atoms with E-state index >= 15 is 70.2 Å². The molecule has 0 heterocycles. The number of nitrogens with one attached hydrogen (secondary N) is 1. The largest absolute Gasteiger partial charge is 0.307 e. The van der Waals surface area contributed by atoms with Crippen molar-refractivity contribution in [1.29, 1.82) is 0 Å². The van der Waals surface area contributed by atoms with Gasteiger partial charge in [-0.3, -0.25) is 0 Å². The normalized spacial score (nSPS) is 12.0. The molecule has 0 radical (unpaired) electrons. The lowest BCUT2D eigenvalue weighted by atomic mass is 9.11. The predicted octanol–water partition coefficient (Wildman–Crippen LogP) is 10.9. The first-order valence-corrected chi connectivity index (χ1v) is 19.7. The van der Waals surface area contributed by atoms with Gasteiger partial charge in [-0.1, -0.05) is 42.5 Å². The molecule has 0 amide bonds. The predicted molar refractivity (Wildman–Crippen MR) is 218 cm³/mol. The summed E-state index contributed by atoms with van der Waals surface area (Å²) in [5.74, 6) is -54.8. The molecule has 1 nitrogen and oxygen atoms in total. The molecular formula is C48H20BF20N. The van der Waals surface area contributed by atoms with Gasteiger partial charge in [0.2, 0.25) is 0 Å². The van der Waals surface area contributed by atoms with E-state index < -0.39 is 187 Å². The highest BCUT2D eigenvalue weighted by atomic mass is 19.2. The van der Waals surface area contributed by atoms with E-state index in [0.717, 1.165) is 0 Å². The molecule has 0 aliphatic heterocycles. The molecule has 360 valence electrons. The molecule has 0 fully saturated rings. The van der Waals surface area contributed by atoms with Gasteiger partial charge in [0.25, 0.3) is 0 Å². The van der Waals surface area contributed by atoms with Gasteiger partial charge in [0, 0.05) is 0 Å². The van der Waals surface area contributed by atoms with Gasteiger partial charge in [0.05, 0.1) is 35.6 Å². The van der Waals surface area contributed by atoms with Gasteiger partial charge in [0.1, 0.15) is 35.1 Å². The van der Waals surface area contributed by atoms with E-state index in [2.05, 4.69) is 38.4 Å². The Morgan fingerprint density at radius 1 is 0.257 bits per heavy atom. The van der Waals surface area contributed by atoms with Crippen molar-refractivity contribution in [2.24, 2.45) is 0 Å². The van der Waals surface area contributed by atoms with Gasteiger partial charge in [-0.05, 0) is 57.9 Å². The van der Waals surface area contributed by atoms with Gasteiger partial charge >= 0.3 is 0 Å². The highest BCUT2D eigenvalue weighted by Gasteiger charge is 2.49. The Kier molecular flexibility index (Phi) is 12.3. The fourth-order valence-corrected chi connectivity index (χ4v) is 9.06. The number of hydrogen-bond donors (Lipinski definition) is 1. The van der Waals surface area contributed by atoms with Crippen molar-refractivity contribution in [2.45, 2.75) is 0 Å². The third kappa shape index (κ3) is 6.91. The second-order valence-corrected chi connectivity index (χ2v) is 15.8. The molecule has 0 spiro atoms. The maximum Gasteiger partial charge on any atom is 0.191 e. The molecule has 9 aromatic carbocycles. The quantitative estimate of drug-likeness (QED) is 0.0996. The van der Waals surface area contributed by atoms with Crippen LogP contribution in [0.1, 0.15) is 0 Å². The summed E-state index contributed by atoms with van der Waals surface area (Å²) >= 11 is 0. The number of hydrogen-bond acceptors (Lipinski definition) is 0. The van der Waals surface area contributed by atoms with Crippen LogP contribution in [-0.2, 0) is 0 Å². The number of quaternary nitrogens is 1. The van der Waals surface area contributed by atoms with E-state index in [-0.39, 0.29) is 48.5 Å². The van der Waals surface area contributed by atoms with Gasteiger partial charge in [-0.2, -0.15) is 0 Å². The number of para-hydroxylation sites is 1. The smallest absolute Gasteiger partial charge is 0.191 e. The Morgan fingerprint density at radius 2 is 0.486 bits per heavy atom. The maximum absolute atomic E-state index is 17.3. The van der Waals surface area contributed by atoms with Crippen LogP contribution >= 0.6 is 0 Å². The zero-order valence-corrected chi connectivity index (χ0v) is 34.6. The molecule has 1 N–H and O–H groups in total. The lowest BCUT2D eigenvalue weighted by Gasteiger charge is -2.47. The first kappa shape index (κ1) is 49.1. The third-order valence-electron chi connectivity index (χ3n) is 12.0. The summed E-state index contributed by atoms with van der Waals surface area (Å²) in [6, 6.07) is 9.90. The first-order chi connectivity index (χ1) is 32.9. The maximum atomic E-state index is 17.3. The zero-order valence-electron chi connectivity index (χ0n) is 34.6. The summed E-state index contributed by atoms with van der Waals surface area (Å²) in [5, 5.41) is -16.2. The Bertz CT molecular complexity index is 3270. The molecule has 0 atom stereocenters. The molecule has 0 aromatic heterocycles. The number of halogens is 20. The van der Waals surface area contributed by atoms with Crippen LogP contribution in [0.2, 0.25) is 0 Å². The number of rotatable bonds is 5.